The highest BCUT2D eigenvalue weighted by molar-refractivity contribution is 6.22. The van der Waals surface area contributed by atoms with Crippen molar-refractivity contribution in [2.24, 2.45) is 0 Å². The first kappa shape index (κ1) is 27.3. The van der Waals surface area contributed by atoms with Crippen LogP contribution in [0.15, 0.2) is 176 Å². The molecule has 9 aromatic carbocycles. The van der Waals surface area contributed by atoms with E-state index in [1.165, 1.54) is 93.2 Å². The Kier molecular flexibility index (Phi) is 6.47. The summed E-state index contributed by atoms with van der Waals surface area (Å²) < 4.78 is 0. The van der Waals surface area contributed by atoms with E-state index in [9.17, 15) is 0 Å². The summed E-state index contributed by atoms with van der Waals surface area (Å²) in [5.74, 6) is 0. The molecule has 0 spiro atoms. The van der Waals surface area contributed by atoms with Crippen molar-refractivity contribution >= 4 is 43.1 Å². The standard InChI is InChI=1S/C47H32/c1-31-10-8-14-38(28-31)46-41-15-4-6-17-43(41)47(44-18-7-5-16-42(44)46)39-27-25-34-13-9-19-40(45(34)30-39)35-23-20-33(21-24-35)37-26-22-32-11-2-3-12-36(32)29-37/h2-30H,1H3. The zero-order valence-electron chi connectivity index (χ0n) is 26.2. The molecule has 0 bridgehead atoms. The van der Waals surface area contributed by atoms with Crippen LogP contribution < -0.4 is 0 Å². The molecule has 9 aromatic rings. The molecular formula is C47H32. The quantitative estimate of drug-likeness (QED) is 0.177. The molecular weight excluding hydrogens is 565 g/mol. The average molecular weight is 597 g/mol. The monoisotopic (exact) mass is 596 g/mol. The molecule has 0 aliphatic rings. The lowest BCUT2D eigenvalue weighted by Gasteiger charge is -2.18. The van der Waals surface area contributed by atoms with Gasteiger partial charge in [-0.25, -0.2) is 0 Å². The van der Waals surface area contributed by atoms with Crippen LogP contribution in [-0.4, -0.2) is 0 Å². The molecule has 0 amide bonds. The van der Waals surface area contributed by atoms with Crippen molar-refractivity contribution in [3.8, 4) is 44.5 Å². The minimum atomic E-state index is 1.22. The van der Waals surface area contributed by atoms with Crippen molar-refractivity contribution in [3.05, 3.63) is 181 Å². The molecule has 0 unspecified atom stereocenters. The Balaban J connectivity index is 1.21. The molecule has 0 N–H and O–H groups in total. The van der Waals surface area contributed by atoms with Crippen LogP contribution in [0.2, 0.25) is 0 Å². The molecule has 0 radical (unpaired) electrons. The Labute approximate surface area is 275 Å². The van der Waals surface area contributed by atoms with E-state index in [1.807, 2.05) is 0 Å². The van der Waals surface area contributed by atoms with Crippen LogP contribution >= 0.6 is 0 Å². The summed E-state index contributed by atoms with van der Waals surface area (Å²) in [6.45, 7) is 2.17. The van der Waals surface area contributed by atoms with Gasteiger partial charge in [-0.3, -0.25) is 0 Å². The van der Waals surface area contributed by atoms with E-state index in [2.05, 4.69) is 183 Å². The summed E-state index contributed by atoms with van der Waals surface area (Å²) in [6.07, 6.45) is 0. The Morgan fingerprint density at radius 1 is 0.277 bits per heavy atom. The smallest absolute Gasteiger partial charge is 0.00261 e. The normalized spacial score (nSPS) is 11.5. The number of hydrogen-bond acceptors (Lipinski definition) is 0. The summed E-state index contributed by atoms with van der Waals surface area (Å²) in [5, 5.41) is 10.2. The molecule has 0 heteroatoms. The van der Waals surface area contributed by atoms with Crippen molar-refractivity contribution < 1.29 is 0 Å². The second-order valence-electron chi connectivity index (χ2n) is 12.6. The van der Waals surface area contributed by atoms with Crippen molar-refractivity contribution in [1.82, 2.24) is 0 Å². The molecule has 220 valence electrons. The Morgan fingerprint density at radius 3 is 1.47 bits per heavy atom. The minimum absolute atomic E-state index is 1.22. The van der Waals surface area contributed by atoms with E-state index < -0.39 is 0 Å². The fourth-order valence-electron chi connectivity index (χ4n) is 7.44. The van der Waals surface area contributed by atoms with Gasteiger partial charge in [-0.2, -0.15) is 0 Å². The maximum absolute atomic E-state index is 2.41. The molecule has 0 fully saturated rings. The molecule has 0 heterocycles. The number of hydrogen-bond donors (Lipinski definition) is 0. The van der Waals surface area contributed by atoms with E-state index in [4.69, 9.17) is 0 Å². The molecule has 47 heavy (non-hydrogen) atoms. The molecule has 9 rings (SSSR count). The predicted molar refractivity (Wildman–Crippen MR) is 203 cm³/mol. The largest absolute Gasteiger partial charge is 0.0616 e. The highest BCUT2D eigenvalue weighted by atomic mass is 14.2. The van der Waals surface area contributed by atoms with E-state index in [1.54, 1.807) is 0 Å². The van der Waals surface area contributed by atoms with Crippen LogP contribution in [0.5, 0.6) is 0 Å². The van der Waals surface area contributed by atoms with Crippen molar-refractivity contribution in [3.63, 3.8) is 0 Å². The lowest BCUT2D eigenvalue weighted by Crippen LogP contribution is -1.91. The molecule has 0 aliphatic heterocycles. The van der Waals surface area contributed by atoms with Gasteiger partial charge in [-0.15, -0.1) is 0 Å². The van der Waals surface area contributed by atoms with Gasteiger partial charge in [-0.05, 0) is 107 Å². The minimum Gasteiger partial charge on any atom is -0.0616 e. The highest BCUT2D eigenvalue weighted by Gasteiger charge is 2.17. The number of aryl methyl sites for hydroxylation is 1. The molecule has 0 atom stereocenters. The third-order valence-corrected chi connectivity index (χ3v) is 9.69. The van der Waals surface area contributed by atoms with Gasteiger partial charge in [0, 0.05) is 0 Å². The maximum Gasteiger partial charge on any atom is -0.00261 e. The van der Waals surface area contributed by atoms with Crippen LogP contribution in [0.1, 0.15) is 5.56 Å². The molecule has 0 saturated heterocycles. The molecule has 0 aliphatic carbocycles. The van der Waals surface area contributed by atoms with Crippen LogP contribution in [0.4, 0.5) is 0 Å². The zero-order chi connectivity index (χ0) is 31.3. The predicted octanol–water partition coefficient (Wildman–Crippen LogP) is 13.3. The number of rotatable bonds is 4. The van der Waals surface area contributed by atoms with E-state index in [0.29, 0.717) is 0 Å². The Hall–Kier alpha value is -5.98. The summed E-state index contributed by atoms with van der Waals surface area (Å²) >= 11 is 0. The lowest BCUT2D eigenvalue weighted by atomic mass is 9.85. The maximum atomic E-state index is 2.41. The van der Waals surface area contributed by atoms with Gasteiger partial charge in [0.2, 0.25) is 0 Å². The second-order valence-corrected chi connectivity index (χ2v) is 12.6. The highest BCUT2D eigenvalue weighted by Crippen LogP contribution is 2.44. The Morgan fingerprint density at radius 2 is 0.787 bits per heavy atom. The van der Waals surface area contributed by atoms with E-state index in [-0.39, 0.29) is 0 Å². The van der Waals surface area contributed by atoms with Gasteiger partial charge in [0.15, 0.2) is 0 Å². The first-order valence-corrected chi connectivity index (χ1v) is 16.3. The summed E-state index contributed by atoms with van der Waals surface area (Å²) in [6, 6.07) is 64.7. The second kappa shape index (κ2) is 11.1. The topological polar surface area (TPSA) is 0 Å². The SMILES string of the molecule is Cc1cccc(-c2c3ccccc3c(-c3ccc4cccc(-c5ccc(-c6ccc7ccccc7c6)cc5)c4c3)c3ccccc23)c1. The third kappa shape index (κ3) is 4.69. The molecule has 0 nitrogen and oxygen atoms in total. The third-order valence-electron chi connectivity index (χ3n) is 9.69. The van der Waals surface area contributed by atoms with E-state index >= 15 is 0 Å². The fraction of sp³-hybridized carbons (Fsp3) is 0.0213. The van der Waals surface area contributed by atoms with Crippen molar-refractivity contribution in [2.75, 3.05) is 0 Å². The summed E-state index contributed by atoms with van der Waals surface area (Å²) in [5.41, 5.74) is 11.3. The van der Waals surface area contributed by atoms with E-state index in [0.717, 1.165) is 0 Å². The van der Waals surface area contributed by atoms with Crippen LogP contribution in [0.25, 0.3) is 87.6 Å². The summed E-state index contributed by atoms with van der Waals surface area (Å²) in [4.78, 5) is 0. The first-order chi connectivity index (χ1) is 23.2. The molecule has 0 aromatic heterocycles. The first-order valence-electron chi connectivity index (χ1n) is 16.3. The van der Waals surface area contributed by atoms with Crippen molar-refractivity contribution in [1.29, 1.82) is 0 Å². The fourth-order valence-corrected chi connectivity index (χ4v) is 7.44. The van der Waals surface area contributed by atoms with Crippen molar-refractivity contribution in [2.45, 2.75) is 6.92 Å². The van der Waals surface area contributed by atoms with Crippen LogP contribution in [0.3, 0.4) is 0 Å². The number of benzene rings is 9. The Bertz CT molecular complexity index is 2560. The van der Waals surface area contributed by atoms with Crippen LogP contribution in [-0.2, 0) is 0 Å². The van der Waals surface area contributed by atoms with Gasteiger partial charge >= 0.3 is 0 Å². The van der Waals surface area contributed by atoms with Crippen LogP contribution in [0, 0.1) is 6.92 Å². The van der Waals surface area contributed by atoms with Gasteiger partial charge in [0.25, 0.3) is 0 Å². The average Bonchev–Trinajstić information content (AvgIpc) is 3.13. The zero-order valence-corrected chi connectivity index (χ0v) is 26.2. The number of fused-ring (bicyclic) bond motifs is 4. The van der Waals surface area contributed by atoms with Gasteiger partial charge in [0.1, 0.15) is 0 Å². The lowest BCUT2D eigenvalue weighted by molar-refractivity contribution is 1.47. The van der Waals surface area contributed by atoms with Gasteiger partial charge in [-0.1, -0.05) is 169 Å². The summed E-state index contributed by atoms with van der Waals surface area (Å²) in [7, 11) is 0. The molecule has 0 saturated carbocycles. The van der Waals surface area contributed by atoms with Gasteiger partial charge < -0.3 is 0 Å². The van der Waals surface area contributed by atoms with Gasteiger partial charge in [0.05, 0.1) is 0 Å².